The Hall–Kier alpha value is -1.31. The van der Waals surface area contributed by atoms with Crippen LogP contribution in [0.3, 0.4) is 0 Å². The van der Waals surface area contributed by atoms with Crippen molar-refractivity contribution in [3.63, 3.8) is 0 Å². The summed E-state index contributed by atoms with van der Waals surface area (Å²) < 4.78 is 22.7. The molecule has 2 aliphatic rings. The molecule has 0 radical (unpaired) electrons. The fourth-order valence-electron chi connectivity index (χ4n) is 2.85. The first-order valence-corrected chi connectivity index (χ1v) is 9.18. The molecule has 2 rings (SSSR count). The zero-order valence-electron chi connectivity index (χ0n) is 12.3. The van der Waals surface area contributed by atoms with E-state index in [9.17, 15) is 18.0 Å². The molecule has 0 aromatic carbocycles. The van der Waals surface area contributed by atoms with E-state index < -0.39 is 9.84 Å². The molecule has 8 heteroatoms. The number of amides is 3. The van der Waals surface area contributed by atoms with Crippen LogP contribution in [0.4, 0.5) is 4.79 Å². The number of nitrogens with one attached hydrogen (secondary N) is 2. The molecular formula is C13H23N3O4S. The highest BCUT2D eigenvalue weighted by molar-refractivity contribution is 7.91. The lowest BCUT2D eigenvalue weighted by Crippen LogP contribution is -2.49. The highest BCUT2D eigenvalue weighted by Crippen LogP contribution is 2.17. The summed E-state index contributed by atoms with van der Waals surface area (Å²) in [7, 11) is -2.89. The highest BCUT2D eigenvalue weighted by Gasteiger charge is 2.28. The van der Waals surface area contributed by atoms with Gasteiger partial charge in [0.05, 0.1) is 11.5 Å². The van der Waals surface area contributed by atoms with Gasteiger partial charge >= 0.3 is 6.03 Å². The fraction of sp³-hybridized carbons (Fsp3) is 0.846. The summed E-state index contributed by atoms with van der Waals surface area (Å²) in [4.78, 5) is 24.8. The number of urea groups is 1. The first-order valence-electron chi connectivity index (χ1n) is 7.36. The molecule has 2 heterocycles. The van der Waals surface area contributed by atoms with Crippen molar-refractivity contribution in [3.05, 3.63) is 0 Å². The summed E-state index contributed by atoms with van der Waals surface area (Å²) in [6.45, 7) is 3.29. The molecule has 0 aliphatic carbocycles. The van der Waals surface area contributed by atoms with Crippen LogP contribution in [0.25, 0.3) is 0 Å². The second kappa shape index (κ2) is 6.64. The van der Waals surface area contributed by atoms with Gasteiger partial charge in [-0.15, -0.1) is 0 Å². The van der Waals surface area contributed by atoms with Gasteiger partial charge in [0.15, 0.2) is 9.84 Å². The zero-order chi connectivity index (χ0) is 15.5. The normalized spacial score (nSPS) is 25.6. The van der Waals surface area contributed by atoms with E-state index in [0.717, 1.165) is 12.8 Å². The molecule has 3 amide bonds. The van der Waals surface area contributed by atoms with Gasteiger partial charge in [-0.25, -0.2) is 13.2 Å². The molecule has 2 N–H and O–H groups in total. The summed E-state index contributed by atoms with van der Waals surface area (Å²) in [6.07, 6.45) is 2.13. The van der Waals surface area contributed by atoms with Crippen molar-refractivity contribution in [2.24, 2.45) is 5.92 Å². The summed E-state index contributed by atoms with van der Waals surface area (Å²) >= 11 is 0. The van der Waals surface area contributed by atoms with E-state index in [-0.39, 0.29) is 35.4 Å². The van der Waals surface area contributed by atoms with E-state index in [1.165, 1.54) is 0 Å². The van der Waals surface area contributed by atoms with Gasteiger partial charge in [-0.1, -0.05) is 0 Å². The molecule has 0 aromatic rings. The Morgan fingerprint density at radius 1 is 1.19 bits per heavy atom. The molecule has 0 spiro atoms. The Bertz CT molecular complexity index is 498. The molecule has 1 atom stereocenters. The quantitative estimate of drug-likeness (QED) is 0.749. The molecule has 2 aliphatic heterocycles. The maximum atomic E-state index is 11.8. The van der Waals surface area contributed by atoms with Crippen LogP contribution in [-0.4, -0.2) is 62.4 Å². The molecule has 7 nitrogen and oxygen atoms in total. The summed E-state index contributed by atoms with van der Waals surface area (Å²) in [5, 5.41) is 5.63. The third-order valence-electron chi connectivity index (χ3n) is 4.15. The summed E-state index contributed by atoms with van der Waals surface area (Å²) in [5.41, 5.74) is 0. The zero-order valence-corrected chi connectivity index (χ0v) is 13.1. The van der Waals surface area contributed by atoms with Crippen molar-refractivity contribution in [1.82, 2.24) is 15.5 Å². The minimum absolute atomic E-state index is 0.0281. The molecule has 120 valence electrons. The fourth-order valence-corrected chi connectivity index (χ4v) is 4.71. The van der Waals surface area contributed by atoms with Gasteiger partial charge in [0.25, 0.3) is 0 Å². The van der Waals surface area contributed by atoms with E-state index in [4.69, 9.17) is 0 Å². The van der Waals surface area contributed by atoms with Crippen molar-refractivity contribution < 1.29 is 18.0 Å². The van der Waals surface area contributed by atoms with Crippen LogP contribution in [0.15, 0.2) is 0 Å². The first-order chi connectivity index (χ1) is 9.85. The third kappa shape index (κ3) is 4.87. The van der Waals surface area contributed by atoms with E-state index in [0.29, 0.717) is 26.1 Å². The molecule has 21 heavy (non-hydrogen) atoms. The molecular weight excluding hydrogens is 294 g/mol. The maximum Gasteiger partial charge on any atom is 0.315 e. The van der Waals surface area contributed by atoms with Crippen LogP contribution in [0.2, 0.25) is 0 Å². The number of likely N-dealkylation sites (tertiary alicyclic amines) is 1. The van der Waals surface area contributed by atoms with Crippen LogP contribution >= 0.6 is 0 Å². The Kier molecular flexibility index (Phi) is 5.08. The monoisotopic (exact) mass is 317 g/mol. The van der Waals surface area contributed by atoms with Gasteiger partial charge in [0, 0.05) is 32.6 Å². The summed E-state index contributed by atoms with van der Waals surface area (Å²) in [6, 6.07) is -0.173. The number of carbonyl (C=O) groups is 2. The van der Waals surface area contributed by atoms with Crippen molar-refractivity contribution in [1.29, 1.82) is 0 Å². The smallest absolute Gasteiger partial charge is 0.315 e. The molecule has 0 bridgehead atoms. The number of rotatable bonds is 3. The van der Waals surface area contributed by atoms with Gasteiger partial charge in [0.2, 0.25) is 5.91 Å². The van der Waals surface area contributed by atoms with E-state index in [2.05, 4.69) is 10.6 Å². The first kappa shape index (κ1) is 16.1. The third-order valence-corrected chi connectivity index (χ3v) is 5.99. The lowest BCUT2D eigenvalue weighted by molar-refractivity contribution is -0.129. The number of nitrogens with zero attached hydrogens (tertiary/aromatic N) is 1. The Labute approximate surface area is 125 Å². The van der Waals surface area contributed by atoms with Gasteiger partial charge < -0.3 is 15.5 Å². The lowest BCUT2D eigenvalue weighted by atomic mass is 10.1. The second-order valence-electron chi connectivity index (χ2n) is 5.90. The number of hydrogen-bond acceptors (Lipinski definition) is 4. The van der Waals surface area contributed by atoms with Gasteiger partial charge in [-0.2, -0.15) is 0 Å². The van der Waals surface area contributed by atoms with Gasteiger partial charge in [-0.3, -0.25) is 4.79 Å². The topological polar surface area (TPSA) is 95.6 Å². The number of carbonyl (C=O) groups excluding carboxylic acids is 2. The van der Waals surface area contributed by atoms with Gasteiger partial charge in [-0.05, 0) is 25.2 Å². The molecule has 0 unspecified atom stereocenters. The number of piperidine rings is 1. The summed E-state index contributed by atoms with van der Waals surface area (Å²) in [5.74, 6) is 0.495. The van der Waals surface area contributed by atoms with E-state index in [1.807, 2.05) is 0 Å². The average molecular weight is 317 g/mol. The van der Waals surface area contributed by atoms with Gasteiger partial charge in [0.1, 0.15) is 0 Å². The van der Waals surface area contributed by atoms with Crippen LogP contribution in [0.5, 0.6) is 0 Å². The standard InChI is InChI=1S/C13H23N3O4S/c1-10(17)16-5-2-12(3-6-16)15-13(18)14-8-11-4-7-21(19,20)9-11/h11-12H,2-9H2,1H3,(H2,14,15,18)/t11-/m0/s1. The molecule has 0 saturated carbocycles. The lowest BCUT2D eigenvalue weighted by Gasteiger charge is -2.31. The Balaban J connectivity index is 1.65. The highest BCUT2D eigenvalue weighted by atomic mass is 32.2. The molecule has 2 fully saturated rings. The molecule has 0 aromatic heterocycles. The predicted molar refractivity (Wildman–Crippen MR) is 78.6 cm³/mol. The predicted octanol–water partition coefficient (Wildman–Crippen LogP) is -0.269. The van der Waals surface area contributed by atoms with Crippen molar-refractivity contribution in [2.75, 3.05) is 31.1 Å². The minimum Gasteiger partial charge on any atom is -0.343 e. The van der Waals surface area contributed by atoms with Crippen LogP contribution in [0, 0.1) is 5.92 Å². The Morgan fingerprint density at radius 2 is 1.86 bits per heavy atom. The minimum atomic E-state index is -2.89. The second-order valence-corrected chi connectivity index (χ2v) is 8.13. The van der Waals surface area contributed by atoms with E-state index in [1.54, 1.807) is 11.8 Å². The average Bonchev–Trinajstić information content (AvgIpc) is 2.77. The Morgan fingerprint density at radius 3 is 2.38 bits per heavy atom. The van der Waals surface area contributed by atoms with Crippen LogP contribution in [0.1, 0.15) is 26.2 Å². The van der Waals surface area contributed by atoms with Crippen LogP contribution in [-0.2, 0) is 14.6 Å². The van der Waals surface area contributed by atoms with Crippen molar-refractivity contribution in [3.8, 4) is 0 Å². The molecule has 2 saturated heterocycles. The SMILES string of the molecule is CC(=O)N1CCC(NC(=O)NC[C@@H]2CCS(=O)(=O)C2)CC1. The maximum absolute atomic E-state index is 11.8. The van der Waals surface area contributed by atoms with Crippen molar-refractivity contribution >= 4 is 21.8 Å². The van der Waals surface area contributed by atoms with Crippen LogP contribution < -0.4 is 10.6 Å². The van der Waals surface area contributed by atoms with Crippen molar-refractivity contribution in [2.45, 2.75) is 32.2 Å². The van der Waals surface area contributed by atoms with E-state index >= 15 is 0 Å². The number of hydrogen-bond donors (Lipinski definition) is 2. The largest absolute Gasteiger partial charge is 0.343 e. The number of sulfone groups is 1.